The quantitative estimate of drug-likeness (QED) is 0.295. The Bertz CT molecular complexity index is 601. The van der Waals surface area contributed by atoms with Crippen LogP contribution in [0.4, 0.5) is 5.69 Å². The molecule has 1 aromatic rings. The van der Waals surface area contributed by atoms with Crippen LogP contribution in [0.15, 0.2) is 30.0 Å². The van der Waals surface area contributed by atoms with Crippen molar-refractivity contribution < 1.29 is 9.90 Å². The number of nitrogens with zero attached hydrogens (tertiary/aromatic N) is 2. The van der Waals surface area contributed by atoms with Crippen molar-refractivity contribution in [3.05, 3.63) is 35.5 Å². The molecule has 23 heavy (non-hydrogen) atoms. The Morgan fingerprint density at radius 1 is 1.39 bits per heavy atom. The number of benzene rings is 1. The minimum absolute atomic E-state index is 0.0111. The van der Waals surface area contributed by atoms with Crippen molar-refractivity contribution >= 4 is 11.6 Å². The second-order valence-electron chi connectivity index (χ2n) is 5.10. The van der Waals surface area contributed by atoms with Gasteiger partial charge in [0.15, 0.2) is 0 Å². The highest BCUT2D eigenvalue weighted by Gasteiger charge is 2.10. The van der Waals surface area contributed by atoms with Gasteiger partial charge in [-0.1, -0.05) is 13.8 Å². The van der Waals surface area contributed by atoms with Gasteiger partial charge in [0, 0.05) is 25.0 Å². The van der Waals surface area contributed by atoms with E-state index in [1.807, 2.05) is 6.07 Å². The van der Waals surface area contributed by atoms with Crippen molar-refractivity contribution in [3.8, 4) is 11.8 Å². The molecule has 0 saturated heterocycles. The van der Waals surface area contributed by atoms with Crippen LogP contribution < -0.4 is 10.6 Å². The number of aromatic hydroxyl groups is 1. The summed E-state index contributed by atoms with van der Waals surface area (Å²) in [6, 6.07) is 6.53. The van der Waals surface area contributed by atoms with E-state index in [0.29, 0.717) is 12.2 Å². The van der Waals surface area contributed by atoms with Crippen molar-refractivity contribution in [1.82, 2.24) is 10.2 Å². The number of carbonyl (C=O) groups excluding carboxylic acids is 1. The first-order valence-corrected chi connectivity index (χ1v) is 7.68. The van der Waals surface area contributed by atoms with Crippen LogP contribution in [-0.4, -0.2) is 42.1 Å². The Kier molecular flexibility index (Phi) is 7.64. The van der Waals surface area contributed by atoms with Crippen LogP contribution in [-0.2, 0) is 4.79 Å². The Labute approximate surface area is 137 Å². The average Bonchev–Trinajstić information content (AvgIpc) is 2.53. The topological polar surface area (TPSA) is 88.4 Å². The van der Waals surface area contributed by atoms with Crippen LogP contribution in [0.25, 0.3) is 0 Å². The van der Waals surface area contributed by atoms with Gasteiger partial charge in [-0.15, -0.1) is 0 Å². The average molecular weight is 316 g/mol. The van der Waals surface area contributed by atoms with Crippen molar-refractivity contribution in [1.29, 1.82) is 5.26 Å². The van der Waals surface area contributed by atoms with Crippen LogP contribution >= 0.6 is 0 Å². The van der Waals surface area contributed by atoms with Gasteiger partial charge < -0.3 is 20.6 Å². The van der Waals surface area contributed by atoms with E-state index in [1.165, 1.54) is 12.3 Å². The number of phenolic OH excluding ortho intramolecular Hbond substituents is 1. The van der Waals surface area contributed by atoms with Crippen LogP contribution in [0.1, 0.15) is 19.4 Å². The van der Waals surface area contributed by atoms with Gasteiger partial charge in [0.05, 0.1) is 0 Å². The molecule has 0 unspecified atom stereocenters. The number of rotatable bonds is 8. The van der Waals surface area contributed by atoms with Gasteiger partial charge in [0.25, 0.3) is 5.91 Å². The van der Waals surface area contributed by atoms with E-state index in [1.54, 1.807) is 19.1 Å². The number of amides is 1. The van der Waals surface area contributed by atoms with Gasteiger partial charge in [-0.05, 0) is 43.8 Å². The first kappa shape index (κ1) is 18.5. The summed E-state index contributed by atoms with van der Waals surface area (Å²) in [5.74, 6) is -0.341. The van der Waals surface area contributed by atoms with E-state index < -0.39 is 5.91 Å². The van der Waals surface area contributed by atoms with Crippen LogP contribution in [0.5, 0.6) is 5.75 Å². The SMILES string of the molecule is CCN(CC)CCN/C=C(/C#N)C(=O)Nc1ccc(O)cc1C. The smallest absolute Gasteiger partial charge is 0.267 e. The molecule has 0 atom stereocenters. The van der Waals surface area contributed by atoms with Crippen molar-refractivity contribution in [2.75, 3.05) is 31.5 Å². The molecular formula is C17H24N4O2. The number of hydrogen-bond acceptors (Lipinski definition) is 5. The second kappa shape index (κ2) is 9.49. The molecule has 0 radical (unpaired) electrons. The summed E-state index contributed by atoms with van der Waals surface area (Å²) < 4.78 is 0. The highest BCUT2D eigenvalue weighted by Crippen LogP contribution is 2.20. The summed E-state index contributed by atoms with van der Waals surface area (Å²) in [4.78, 5) is 14.3. The van der Waals surface area contributed by atoms with Gasteiger partial charge in [-0.3, -0.25) is 4.79 Å². The molecule has 1 aromatic carbocycles. The molecule has 0 bridgehead atoms. The minimum Gasteiger partial charge on any atom is -0.508 e. The fraction of sp³-hybridized carbons (Fsp3) is 0.412. The maximum absolute atomic E-state index is 12.1. The van der Waals surface area contributed by atoms with Gasteiger partial charge in [0.2, 0.25) is 0 Å². The zero-order valence-electron chi connectivity index (χ0n) is 13.9. The van der Waals surface area contributed by atoms with Crippen LogP contribution in [0.3, 0.4) is 0 Å². The maximum Gasteiger partial charge on any atom is 0.267 e. The summed E-state index contributed by atoms with van der Waals surface area (Å²) in [5, 5.41) is 24.2. The number of hydrogen-bond donors (Lipinski definition) is 3. The highest BCUT2D eigenvalue weighted by molar-refractivity contribution is 6.06. The molecule has 0 heterocycles. The third kappa shape index (κ3) is 6.01. The number of aryl methyl sites for hydroxylation is 1. The van der Waals surface area contributed by atoms with Gasteiger partial charge in [0.1, 0.15) is 17.4 Å². The Hall–Kier alpha value is -2.52. The van der Waals surface area contributed by atoms with Crippen molar-refractivity contribution in [2.45, 2.75) is 20.8 Å². The van der Waals surface area contributed by atoms with Gasteiger partial charge >= 0.3 is 0 Å². The molecule has 0 aliphatic carbocycles. The maximum atomic E-state index is 12.1. The van der Waals surface area contributed by atoms with E-state index >= 15 is 0 Å². The highest BCUT2D eigenvalue weighted by atomic mass is 16.3. The van der Waals surface area contributed by atoms with E-state index in [2.05, 4.69) is 29.4 Å². The first-order chi connectivity index (χ1) is 11.0. The number of likely N-dealkylation sites (N-methyl/N-ethyl adjacent to an activating group) is 1. The molecule has 0 saturated carbocycles. The lowest BCUT2D eigenvalue weighted by Gasteiger charge is -2.17. The molecule has 0 aromatic heterocycles. The Balaban J connectivity index is 2.61. The fourth-order valence-electron chi connectivity index (χ4n) is 2.06. The molecule has 1 amide bonds. The number of phenols is 1. The normalized spacial score (nSPS) is 11.2. The second-order valence-corrected chi connectivity index (χ2v) is 5.10. The number of nitrogens with one attached hydrogen (secondary N) is 2. The fourth-order valence-corrected chi connectivity index (χ4v) is 2.06. The standard InChI is InChI=1S/C17H24N4O2/c1-4-21(5-2)9-8-19-12-14(11-18)17(23)20-16-7-6-15(22)10-13(16)3/h6-7,10,12,19,22H,4-5,8-9H2,1-3H3,(H,20,23)/b14-12-. The lowest BCUT2D eigenvalue weighted by Crippen LogP contribution is -2.30. The van der Waals surface area contributed by atoms with Crippen LogP contribution in [0, 0.1) is 18.3 Å². The van der Waals surface area contributed by atoms with Crippen molar-refractivity contribution in [2.24, 2.45) is 0 Å². The lowest BCUT2D eigenvalue weighted by atomic mass is 10.2. The van der Waals surface area contributed by atoms with Gasteiger partial charge in [-0.25, -0.2) is 0 Å². The lowest BCUT2D eigenvalue weighted by molar-refractivity contribution is -0.112. The molecule has 6 nitrogen and oxygen atoms in total. The van der Waals surface area contributed by atoms with Gasteiger partial charge in [-0.2, -0.15) is 5.26 Å². The van der Waals surface area contributed by atoms with E-state index in [-0.39, 0.29) is 11.3 Å². The summed E-state index contributed by atoms with van der Waals surface area (Å²) in [6.45, 7) is 9.40. The molecule has 0 spiro atoms. The third-order valence-corrected chi connectivity index (χ3v) is 3.54. The predicted molar refractivity (Wildman–Crippen MR) is 91.0 cm³/mol. The summed E-state index contributed by atoms with van der Waals surface area (Å²) >= 11 is 0. The molecule has 1 rings (SSSR count). The van der Waals surface area contributed by atoms with Crippen molar-refractivity contribution in [3.63, 3.8) is 0 Å². The number of carbonyl (C=O) groups is 1. The molecule has 0 aliphatic rings. The molecule has 124 valence electrons. The summed E-state index contributed by atoms with van der Waals surface area (Å²) in [5.41, 5.74) is 1.30. The molecule has 0 fully saturated rings. The largest absolute Gasteiger partial charge is 0.508 e. The Morgan fingerprint density at radius 2 is 2.09 bits per heavy atom. The number of nitriles is 1. The first-order valence-electron chi connectivity index (χ1n) is 7.68. The summed E-state index contributed by atoms with van der Waals surface area (Å²) in [6.07, 6.45) is 1.44. The molecule has 3 N–H and O–H groups in total. The molecule has 0 aliphatic heterocycles. The van der Waals surface area contributed by atoms with E-state index in [4.69, 9.17) is 5.26 Å². The zero-order valence-corrected chi connectivity index (χ0v) is 13.9. The summed E-state index contributed by atoms with van der Waals surface area (Å²) in [7, 11) is 0. The van der Waals surface area contributed by atoms with E-state index in [9.17, 15) is 9.90 Å². The van der Waals surface area contributed by atoms with E-state index in [0.717, 1.165) is 25.2 Å². The molecule has 6 heteroatoms. The number of anilines is 1. The third-order valence-electron chi connectivity index (χ3n) is 3.54. The minimum atomic E-state index is -0.475. The molecular weight excluding hydrogens is 292 g/mol. The monoisotopic (exact) mass is 316 g/mol. The van der Waals surface area contributed by atoms with Crippen LogP contribution in [0.2, 0.25) is 0 Å². The predicted octanol–water partition coefficient (Wildman–Crippen LogP) is 1.98. The zero-order chi connectivity index (χ0) is 17.2. The Morgan fingerprint density at radius 3 is 2.65 bits per heavy atom.